The Kier molecular flexibility index (Phi) is 4.11. The summed E-state index contributed by atoms with van der Waals surface area (Å²) in [7, 11) is 1.48. The zero-order valence-electron chi connectivity index (χ0n) is 11.9. The number of ether oxygens (including phenoxy) is 1. The summed E-state index contributed by atoms with van der Waals surface area (Å²) in [6.07, 6.45) is 0.992. The van der Waals surface area contributed by atoms with Gasteiger partial charge in [0.2, 0.25) is 0 Å². The first-order chi connectivity index (χ1) is 8.92. The van der Waals surface area contributed by atoms with Gasteiger partial charge in [0.15, 0.2) is 11.6 Å². The summed E-state index contributed by atoms with van der Waals surface area (Å²) >= 11 is 0. The number of piperidine rings is 1. The van der Waals surface area contributed by atoms with Crippen LogP contribution in [0.4, 0.5) is 4.39 Å². The first-order valence-corrected chi connectivity index (χ1v) is 6.73. The molecule has 1 aromatic carbocycles. The molecule has 0 saturated carbocycles. The summed E-state index contributed by atoms with van der Waals surface area (Å²) in [4.78, 5) is 2.34. The molecule has 106 valence electrons. The lowest BCUT2D eigenvalue weighted by molar-refractivity contribution is 0.0898. The van der Waals surface area contributed by atoms with Crippen molar-refractivity contribution in [3.8, 4) is 5.75 Å². The van der Waals surface area contributed by atoms with Crippen molar-refractivity contribution in [3.63, 3.8) is 0 Å². The molecular formula is C15H23FN2O. The van der Waals surface area contributed by atoms with Gasteiger partial charge in [-0.05, 0) is 29.5 Å². The Morgan fingerprint density at radius 2 is 2.21 bits per heavy atom. The Morgan fingerprint density at radius 3 is 2.79 bits per heavy atom. The van der Waals surface area contributed by atoms with E-state index in [1.165, 1.54) is 7.11 Å². The SMILES string of the molecule is COc1ccc(CN2CCC(N)C(C)(C)C2)cc1F. The van der Waals surface area contributed by atoms with Crippen molar-refractivity contribution in [2.75, 3.05) is 20.2 Å². The Bertz CT molecular complexity index is 448. The molecule has 1 unspecified atom stereocenters. The molecule has 1 atom stereocenters. The quantitative estimate of drug-likeness (QED) is 0.913. The number of methoxy groups -OCH3 is 1. The van der Waals surface area contributed by atoms with Crippen molar-refractivity contribution in [1.82, 2.24) is 4.90 Å². The molecule has 1 aromatic rings. The Hall–Kier alpha value is -1.13. The fraction of sp³-hybridized carbons (Fsp3) is 0.600. The number of hydrogen-bond acceptors (Lipinski definition) is 3. The summed E-state index contributed by atoms with van der Waals surface area (Å²) in [5.41, 5.74) is 7.22. The molecule has 0 bridgehead atoms. The summed E-state index contributed by atoms with van der Waals surface area (Å²) in [6.45, 7) is 7.06. The third-order valence-electron chi connectivity index (χ3n) is 4.01. The monoisotopic (exact) mass is 266 g/mol. The van der Waals surface area contributed by atoms with E-state index in [2.05, 4.69) is 18.7 Å². The topological polar surface area (TPSA) is 38.5 Å². The second-order valence-electron chi connectivity index (χ2n) is 6.06. The van der Waals surface area contributed by atoms with Crippen LogP contribution in [0.25, 0.3) is 0 Å². The maximum absolute atomic E-state index is 13.7. The van der Waals surface area contributed by atoms with E-state index in [0.717, 1.165) is 31.6 Å². The van der Waals surface area contributed by atoms with Crippen LogP contribution in [0.3, 0.4) is 0 Å². The average molecular weight is 266 g/mol. The van der Waals surface area contributed by atoms with E-state index in [-0.39, 0.29) is 17.3 Å². The van der Waals surface area contributed by atoms with Crippen LogP contribution in [0.5, 0.6) is 5.75 Å². The fourth-order valence-corrected chi connectivity index (χ4v) is 2.69. The number of hydrogen-bond donors (Lipinski definition) is 1. The molecule has 0 amide bonds. The van der Waals surface area contributed by atoms with Crippen molar-refractivity contribution in [2.24, 2.45) is 11.1 Å². The molecule has 2 rings (SSSR count). The van der Waals surface area contributed by atoms with Crippen LogP contribution >= 0.6 is 0 Å². The van der Waals surface area contributed by atoms with Crippen LogP contribution in [0, 0.1) is 11.2 Å². The minimum Gasteiger partial charge on any atom is -0.494 e. The molecule has 19 heavy (non-hydrogen) atoms. The van der Waals surface area contributed by atoms with E-state index in [0.29, 0.717) is 5.75 Å². The van der Waals surface area contributed by atoms with E-state index in [1.54, 1.807) is 12.1 Å². The van der Waals surface area contributed by atoms with Gasteiger partial charge in [-0.25, -0.2) is 4.39 Å². The summed E-state index contributed by atoms with van der Waals surface area (Å²) < 4.78 is 18.6. The lowest BCUT2D eigenvalue weighted by Crippen LogP contribution is -2.52. The molecule has 0 radical (unpaired) electrons. The van der Waals surface area contributed by atoms with Crippen molar-refractivity contribution >= 4 is 0 Å². The van der Waals surface area contributed by atoms with E-state index in [9.17, 15) is 4.39 Å². The standard InChI is InChI=1S/C15H23FN2O/c1-15(2)10-18(7-6-14(15)17)9-11-4-5-13(19-3)12(16)8-11/h4-5,8,14H,6-7,9-10,17H2,1-3H3. The molecular weight excluding hydrogens is 243 g/mol. The van der Waals surface area contributed by atoms with Gasteiger partial charge in [-0.1, -0.05) is 19.9 Å². The first-order valence-electron chi connectivity index (χ1n) is 6.73. The highest BCUT2D eigenvalue weighted by Crippen LogP contribution is 2.29. The third-order valence-corrected chi connectivity index (χ3v) is 4.01. The Balaban J connectivity index is 2.04. The van der Waals surface area contributed by atoms with Crippen LogP contribution < -0.4 is 10.5 Å². The van der Waals surface area contributed by atoms with Gasteiger partial charge in [-0.15, -0.1) is 0 Å². The number of likely N-dealkylation sites (tertiary alicyclic amines) is 1. The predicted octanol–water partition coefficient (Wildman–Crippen LogP) is 2.39. The predicted molar refractivity (Wildman–Crippen MR) is 74.6 cm³/mol. The normalized spacial score (nSPS) is 23.3. The Labute approximate surface area is 114 Å². The fourth-order valence-electron chi connectivity index (χ4n) is 2.69. The highest BCUT2D eigenvalue weighted by Gasteiger charge is 2.33. The van der Waals surface area contributed by atoms with Crippen LogP contribution in [0.1, 0.15) is 25.8 Å². The van der Waals surface area contributed by atoms with Crippen molar-refractivity contribution in [2.45, 2.75) is 32.9 Å². The van der Waals surface area contributed by atoms with Crippen LogP contribution in [0.15, 0.2) is 18.2 Å². The maximum Gasteiger partial charge on any atom is 0.165 e. The van der Waals surface area contributed by atoms with Crippen molar-refractivity contribution in [3.05, 3.63) is 29.6 Å². The molecule has 1 fully saturated rings. The number of benzene rings is 1. The second-order valence-corrected chi connectivity index (χ2v) is 6.06. The van der Waals surface area contributed by atoms with Gasteiger partial charge in [0, 0.05) is 25.7 Å². The van der Waals surface area contributed by atoms with E-state index < -0.39 is 0 Å². The minimum atomic E-state index is -0.298. The van der Waals surface area contributed by atoms with E-state index in [4.69, 9.17) is 10.5 Å². The molecule has 1 aliphatic rings. The van der Waals surface area contributed by atoms with Crippen LogP contribution in [0.2, 0.25) is 0 Å². The van der Waals surface area contributed by atoms with Gasteiger partial charge in [0.05, 0.1) is 7.11 Å². The molecule has 0 aromatic heterocycles. The highest BCUT2D eigenvalue weighted by atomic mass is 19.1. The molecule has 3 nitrogen and oxygen atoms in total. The molecule has 1 aliphatic heterocycles. The second kappa shape index (κ2) is 5.47. The van der Waals surface area contributed by atoms with Crippen molar-refractivity contribution < 1.29 is 9.13 Å². The van der Waals surface area contributed by atoms with Gasteiger partial charge < -0.3 is 10.5 Å². The van der Waals surface area contributed by atoms with Crippen LogP contribution in [-0.2, 0) is 6.54 Å². The number of nitrogens with zero attached hydrogens (tertiary/aromatic N) is 1. The zero-order chi connectivity index (χ0) is 14.0. The molecule has 1 heterocycles. The average Bonchev–Trinajstić information content (AvgIpc) is 2.34. The third kappa shape index (κ3) is 3.25. The number of halogens is 1. The summed E-state index contributed by atoms with van der Waals surface area (Å²) in [6, 6.07) is 5.41. The van der Waals surface area contributed by atoms with E-state index in [1.807, 2.05) is 6.07 Å². The zero-order valence-corrected chi connectivity index (χ0v) is 11.9. The lowest BCUT2D eigenvalue weighted by Gasteiger charge is -2.42. The molecule has 2 N–H and O–H groups in total. The van der Waals surface area contributed by atoms with E-state index >= 15 is 0 Å². The summed E-state index contributed by atoms with van der Waals surface area (Å²) in [5, 5.41) is 0. The molecule has 4 heteroatoms. The van der Waals surface area contributed by atoms with Gasteiger partial charge in [0.1, 0.15) is 0 Å². The summed E-state index contributed by atoms with van der Waals surface area (Å²) in [5.74, 6) is -0.00211. The smallest absolute Gasteiger partial charge is 0.165 e. The molecule has 0 spiro atoms. The Morgan fingerprint density at radius 1 is 1.47 bits per heavy atom. The number of rotatable bonds is 3. The van der Waals surface area contributed by atoms with Gasteiger partial charge in [-0.3, -0.25) is 4.90 Å². The lowest BCUT2D eigenvalue weighted by atomic mass is 9.79. The minimum absolute atomic E-state index is 0.114. The maximum atomic E-state index is 13.7. The van der Waals surface area contributed by atoms with Crippen molar-refractivity contribution in [1.29, 1.82) is 0 Å². The molecule has 0 aliphatic carbocycles. The van der Waals surface area contributed by atoms with Crippen LogP contribution in [-0.4, -0.2) is 31.1 Å². The highest BCUT2D eigenvalue weighted by molar-refractivity contribution is 5.29. The van der Waals surface area contributed by atoms with Gasteiger partial charge >= 0.3 is 0 Å². The largest absolute Gasteiger partial charge is 0.494 e. The van der Waals surface area contributed by atoms with Gasteiger partial charge in [-0.2, -0.15) is 0 Å². The number of nitrogens with two attached hydrogens (primary N) is 1. The molecule has 1 saturated heterocycles. The van der Waals surface area contributed by atoms with Gasteiger partial charge in [0.25, 0.3) is 0 Å². The first kappa shape index (κ1) is 14.3.